The molecule has 0 spiro atoms. The fraction of sp³-hybridized carbons (Fsp3) is 0.207. The number of fused-ring (bicyclic) bond motifs is 1. The number of hydrogen-bond acceptors (Lipinski definition) is 5. The first-order chi connectivity index (χ1) is 17.4. The number of carboxylic acids is 1. The molecule has 1 fully saturated rings. The molecule has 1 saturated carbocycles. The summed E-state index contributed by atoms with van der Waals surface area (Å²) in [7, 11) is 1.62. The smallest absolute Gasteiger partial charge is 0.328 e. The van der Waals surface area contributed by atoms with E-state index in [1.54, 1.807) is 13.2 Å². The minimum Gasteiger partial charge on any atom is -0.481 e. The van der Waals surface area contributed by atoms with Crippen LogP contribution in [0, 0.1) is 12.8 Å². The number of aryl methyl sites for hydroxylation is 1. The van der Waals surface area contributed by atoms with E-state index in [1.165, 1.54) is 23.3 Å². The van der Waals surface area contributed by atoms with Gasteiger partial charge in [-0.1, -0.05) is 48.1 Å². The maximum Gasteiger partial charge on any atom is 0.328 e. The predicted octanol–water partition coefficient (Wildman–Crippen LogP) is 6.16. The van der Waals surface area contributed by atoms with Crippen LogP contribution in [0.3, 0.4) is 0 Å². The van der Waals surface area contributed by atoms with Crippen molar-refractivity contribution in [1.29, 1.82) is 0 Å². The van der Waals surface area contributed by atoms with E-state index >= 15 is 0 Å². The van der Waals surface area contributed by atoms with Crippen molar-refractivity contribution < 1.29 is 14.6 Å². The Morgan fingerprint density at radius 3 is 2.53 bits per heavy atom. The molecule has 2 aromatic carbocycles. The van der Waals surface area contributed by atoms with Crippen LogP contribution < -0.4 is 9.61 Å². The van der Waals surface area contributed by atoms with Crippen LogP contribution in [-0.4, -0.2) is 28.2 Å². The first kappa shape index (κ1) is 23.8. The standard InChI is InChI=1S/C29H26N2O4S/c1-17-14-25(35-2)30-16-22(17)28(19-4-3-5-19)27(20-9-6-18(7-10-20)8-13-26(32)33)21-11-12-24-23(15-21)31-29(34)36-24/h6-16,19H,3-5H2,1-2H3,(H,31,34)(H,32,33). The molecule has 6 nitrogen and oxygen atoms in total. The Kier molecular flexibility index (Phi) is 6.57. The maximum absolute atomic E-state index is 12.0. The largest absolute Gasteiger partial charge is 0.481 e. The van der Waals surface area contributed by atoms with Crippen molar-refractivity contribution in [3.05, 3.63) is 98.3 Å². The van der Waals surface area contributed by atoms with Crippen LogP contribution in [-0.2, 0) is 4.79 Å². The molecule has 0 radical (unpaired) electrons. The molecule has 1 aliphatic rings. The molecule has 0 amide bonds. The number of nitrogens with one attached hydrogen (secondary N) is 1. The number of hydrogen-bond donors (Lipinski definition) is 2. The van der Waals surface area contributed by atoms with E-state index in [0.29, 0.717) is 11.8 Å². The van der Waals surface area contributed by atoms with E-state index in [2.05, 4.69) is 23.0 Å². The minimum absolute atomic E-state index is 0.0725. The van der Waals surface area contributed by atoms with Gasteiger partial charge in [0.15, 0.2) is 0 Å². The van der Waals surface area contributed by atoms with Gasteiger partial charge in [-0.3, -0.25) is 4.79 Å². The Morgan fingerprint density at radius 1 is 1.14 bits per heavy atom. The first-order valence-electron chi connectivity index (χ1n) is 11.8. The van der Waals surface area contributed by atoms with Gasteiger partial charge >= 0.3 is 10.8 Å². The molecule has 0 atom stereocenters. The van der Waals surface area contributed by atoms with Crippen molar-refractivity contribution >= 4 is 44.7 Å². The Hall–Kier alpha value is -3.97. The molecule has 2 heterocycles. The molecular formula is C29H26N2O4S. The number of aromatic nitrogens is 2. The first-order valence-corrected chi connectivity index (χ1v) is 12.6. The third-order valence-electron chi connectivity index (χ3n) is 6.69. The lowest BCUT2D eigenvalue weighted by molar-refractivity contribution is -0.131. The number of aliphatic carboxylic acids is 1. The van der Waals surface area contributed by atoms with E-state index in [0.717, 1.165) is 62.5 Å². The zero-order valence-corrected chi connectivity index (χ0v) is 20.9. The van der Waals surface area contributed by atoms with Crippen molar-refractivity contribution in [2.24, 2.45) is 5.92 Å². The number of allylic oxidation sites excluding steroid dienone is 1. The molecule has 2 aromatic heterocycles. The fourth-order valence-corrected chi connectivity index (χ4v) is 5.41. The van der Waals surface area contributed by atoms with Crippen molar-refractivity contribution in [2.75, 3.05) is 7.11 Å². The van der Waals surface area contributed by atoms with E-state index in [-0.39, 0.29) is 4.87 Å². The summed E-state index contributed by atoms with van der Waals surface area (Å²) in [5.41, 5.74) is 8.18. The predicted molar refractivity (Wildman–Crippen MR) is 144 cm³/mol. The Labute approximate surface area is 212 Å². The summed E-state index contributed by atoms with van der Waals surface area (Å²) in [6.07, 6.45) is 8.00. The highest BCUT2D eigenvalue weighted by Gasteiger charge is 2.28. The molecular weight excluding hydrogens is 472 g/mol. The molecule has 0 bridgehead atoms. The summed E-state index contributed by atoms with van der Waals surface area (Å²) in [5, 5.41) is 8.98. The van der Waals surface area contributed by atoms with Gasteiger partial charge < -0.3 is 14.8 Å². The van der Waals surface area contributed by atoms with Gasteiger partial charge in [-0.25, -0.2) is 9.78 Å². The summed E-state index contributed by atoms with van der Waals surface area (Å²) in [5.74, 6) is -0.0113. The number of rotatable bonds is 7. The number of H-pyrrole nitrogens is 1. The monoisotopic (exact) mass is 498 g/mol. The zero-order chi connectivity index (χ0) is 25.2. The van der Waals surface area contributed by atoms with Gasteiger partial charge in [0.1, 0.15) is 0 Å². The number of nitrogens with zero attached hydrogens (tertiary/aromatic N) is 1. The molecule has 2 N–H and O–H groups in total. The molecule has 4 aromatic rings. The van der Waals surface area contributed by atoms with Gasteiger partial charge in [-0.2, -0.15) is 0 Å². The number of methoxy groups -OCH3 is 1. The van der Waals surface area contributed by atoms with Crippen LogP contribution in [0.4, 0.5) is 0 Å². The quantitative estimate of drug-likeness (QED) is 0.298. The molecule has 1 aliphatic carbocycles. The van der Waals surface area contributed by atoms with Crippen LogP contribution in [0.5, 0.6) is 5.88 Å². The highest BCUT2D eigenvalue weighted by Crippen LogP contribution is 2.46. The number of ether oxygens (including phenoxy) is 1. The Bertz CT molecular complexity index is 1560. The van der Waals surface area contributed by atoms with Crippen LogP contribution in [0.1, 0.15) is 47.1 Å². The molecule has 0 unspecified atom stereocenters. The van der Waals surface area contributed by atoms with E-state index in [9.17, 15) is 9.59 Å². The van der Waals surface area contributed by atoms with Gasteiger partial charge in [0, 0.05) is 23.9 Å². The summed E-state index contributed by atoms with van der Waals surface area (Å²) in [6.45, 7) is 2.08. The fourth-order valence-electron chi connectivity index (χ4n) is 4.69. The van der Waals surface area contributed by atoms with Crippen molar-refractivity contribution in [1.82, 2.24) is 9.97 Å². The van der Waals surface area contributed by atoms with Crippen LogP contribution in [0.2, 0.25) is 0 Å². The van der Waals surface area contributed by atoms with E-state index < -0.39 is 5.97 Å². The third kappa shape index (κ3) is 4.75. The SMILES string of the molecule is COc1cc(C)c(C(=C(c2ccc(C=CC(=O)O)cc2)c2ccc3sc(=O)[nH]c3c2)C2CCC2)cn1. The summed E-state index contributed by atoms with van der Waals surface area (Å²) < 4.78 is 6.28. The Balaban J connectivity index is 1.76. The lowest BCUT2D eigenvalue weighted by Crippen LogP contribution is -2.16. The van der Waals surface area contributed by atoms with Gasteiger partial charge in [-0.15, -0.1) is 0 Å². The summed E-state index contributed by atoms with van der Waals surface area (Å²) in [4.78, 5) is 30.3. The second-order valence-electron chi connectivity index (χ2n) is 8.98. The second-order valence-corrected chi connectivity index (χ2v) is 9.99. The molecule has 36 heavy (non-hydrogen) atoms. The van der Waals surface area contributed by atoms with Gasteiger partial charge in [0.25, 0.3) is 0 Å². The van der Waals surface area contributed by atoms with Crippen molar-refractivity contribution in [3.8, 4) is 5.88 Å². The van der Waals surface area contributed by atoms with E-state index in [1.807, 2.05) is 48.7 Å². The van der Waals surface area contributed by atoms with E-state index in [4.69, 9.17) is 9.84 Å². The highest BCUT2D eigenvalue weighted by atomic mass is 32.1. The van der Waals surface area contributed by atoms with Gasteiger partial charge in [-0.05, 0) is 77.3 Å². The topological polar surface area (TPSA) is 92.3 Å². The average molecular weight is 499 g/mol. The van der Waals surface area contributed by atoms with Gasteiger partial charge in [0.2, 0.25) is 5.88 Å². The van der Waals surface area contributed by atoms with Crippen LogP contribution in [0.15, 0.2) is 65.6 Å². The maximum atomic E-state index is 12.0. The lowest BCUT2D eigenvalue weighted by Gasteiger charge is -2.32. The molecule has 182 valence electrons. The molecule has 7 heteroatoms. The molecule has 0 aliphatic heterocycles. The summed E-state index contributed by atoms with van der Waals surface area (Å²) >= 11 is 1.20. The van der Waals surface area contributed by atoms with Crippen molar-refractivity contribution in [3.63, 3.8) is 0 Å². The minimum atomic E-state index is -0.979. The van der Waals surface area contributed by atoms with Gasteiger partial charge in [0.05, 0.1) is 17.3 Å². The van der Waals surface area contributed by atoms with Crippen LogP contribution in [0.25, 0.3) is 27.4 Å². The average Bonchev–Trinajstić information content (AvgIpc) is 3.21. The number of aromatic amines is 1. The number of carboxylic acid groups (broad SMARTS) is 1. The number of pyridine rings is 1. The van der Waals surface area contributed by atoms with Crippen molar-refractivity contribution in [2.45, 2.75) is 26.2 Å². The number of thiazole rings is 1. The molecule has 0 saturated heterocycles. The molecule has 5 rings (SSSR count). The Morgan fingerprint density at radius 2 is 1.89 bits per heavy atom. The number of benzene rings is 2. The zero-order valence-electron chi connectivity index (χ0n) is 20.1. The lowest BCUT2D eigenvalue weighted by atomic mass is 9.72. The second kappa shape index (κ2) is 9.95. The van der Waals surface area contributed by atoms with Crippen LogP contribution >= 0.6 is 11.3 Å². The number of carbonyl (C=O) groups is 1. The normalized spacial score (nSPS) is 14.6. The highest BCUT2D eigenvalue weighted by molar-refractivity contribution is 7.16. The third-order valence-corrected chi connectivity index (χ3v) is 7.56. The summed E-state index contributed by atoms with van der Waals surface area (Å²) in [6, 6.07) is 16.0.